The van der Waals surface area contributed by atoms with Crippen molar-refractivity contribution in [1.82, 2.24) is 14.8 Å². The fraction of sp³-hybridized carbons (Fsp3) is 0.700. The van der Waals surface area contributed by atoms with Crippen LogP contribution in [0.3, 0.4) is 0 Å². The molecule has 0 unspecified atom stereocenters. The summed E-state index contributed by atoms with van der Waals surface area (Å²) in [5, 5.41) is 6.17. The quantitative estimate of drug-likeness (QED) is 0.311. The van der Waals surface area contributed by atoms with Gasteiger partial charge in [0.1, 0.15) is 12.5 Å². The number of hydrogen-bond acceptors (Lipinski definition) is 5. The summed E-state index contributed by atoms with van der Waals surface area (Å²) in [6.07, 6.45) is 2.47. The summed E-state index contributed by atoms with van der Waals surface area (Å²) >= 11 is 2.46. The first-order valence-electron chi connectivity index (χ1n) is 10.3. The van der Waals surface area contributed by atoms with Gasteiger partial charge in [-0.15, -0.1) is 0 Å². The average molecular weight is 514 g/mol. The zero-order chi connectivity index (χ0) is 19.9. The zero-order valence-corrected chi connectivity index (χ0v) is 20.5. The normalized spacial score (nSPS) is 20.9. The van der Waals surface area contributed by atoms with E-state index in [0.29, 0.717) is 18.7 Å². The molecule has 0 radical (unpaired) electrons. The number of anilines is 1. The minimum Gasteiger partial charge on any atom is -0.377 e. The number of pyridine rings is 1. The second kappa shape index (κ2) is 8.20. The van der Waals surface area contributed by atoms with Gasteiger partial charge in [-0.1, -0.05) is 19.6 Å². The van der Waals surface area contributed by atoms with Crippen LogP contribution in [0.25, 0.3) is 11.0 Å². The summed E-state index contributed by atoms with van der Waals surface area (Å²) < 4.78 is 14.9. The molecule has 1 saturated carbocycles. The Morgan fingerprint density at radius 3 is 2.79 bits per heavy atom. The third kappa shape index (κ3) is 4.54. The van der Waals surface area contributed by atoms with Gasteiger partial charge in [0.05, 0.1) is 30.3 Å². The van der Waals surface area contributed by atoms with E-state index in [1.54, 1.807) is 0 Å². The van der Waals surface area contributed by atoms with Crippen LogP contribution in [-0.2, 0) is 16.2 Å². The van der Waals surface area contributed by atoms with Crippen LogP contribution in [0.4, 0.5) is 5.82 Å². The Morgan fingerprint density at radius 2 is 2.11 bits per heavy atom. The maximum atomic E-state index is 6.02. The Morgan fingerprint density at radius 1 is 1.32 bits per heavy atom. The van der Waals surface area contributed by atoms with Gasteiger partial charge in [0.2, 0.25) is 0 Å². The third-order valence-corrected chi connectivity index (χ3v) is 8.06. The molecule has 1 aliphatic carbocycles. The van der Waals surface area contributed by atoms with Crippen molar-refractivity contribution >= 4 is 47.5 Å². The Balaban J connectivity index is 1.64. The van der Waals surface area contributed by atoms with E-state index in [1.165, 1.54) is 33.5 Å². The van der Waals surface area contributed by atoms with Crippen molar-refractivity contribution in [3.8, 4) is 0 Å². The zero-order valence-electron chi connectivity index (χ0n) is 17.4. The Kier molecular flexibility index (Phi) is 6.02. The molecular formula is C20H31IN4O2Si. The molecule has 0 aromatic carbocycles. The highest BCUT2D eigenvalue weighted by atomic mass is 127. The highest BCUT2D eigenvalue weighted by Gasteiger charge is 2.31. The first-order valence-corrected chi connectivity index (χ1v) is 15.1. The minimum absolute atomic E-state index is 0.335. The summed E-state index contributed by atoms with van der Waals surface area (Å²) in [4.78, 5) is 7.42. The van der Waals surface area contributed by atoms with Gasteiger partial charge in [0, 0.05) is 30.7 Å². The molecule has 0 spiro atoms. The van der Waals surface area contributed by atoms with Gasteiger partial charge in [0.25, 0.3) is 0 Å². The van der Waals surface area contributed by atoms with Crippen molar-refractivity contribution in [2.75, 3.05) is 31.3 Å². The lowest BCUT2D eigenvalue weighted by molar-refractivity contribution is 0.0809. The molecule has 2 aromatic heterocycles. The van der Waals surface area contributed by atoms with Crippen molar-refractivity contribution in [1.29, 1.82) is 0 Å². The molecule has 1 saturated heterocycles. The van der Waals surface area contributed by atoms with Crippen LogP contribution in [-0.4, -0.2) is 55.2 Å². The van der Waals surface area contributed by atoms with Crippen LogP contribution in [0.5, 0.6) is 0 Å². The molecule has 4 rings (SSSR count). The van der Waals surface area contributed by atoms with E-state index in [9.17, 15) is 0 Å². The summed E-state index contributed by atoms with van der Waals surface area (Å²) in [6.45, 7) is 13.0. The topological polar surface area (TPSA) is 52.4 Å². The predicted molar refractivity (Wildman–Crippen MR) is 124 cm³/mol. The number of halogens is 1. The number of aromatic nitrogens is 3. The predicted octanol–water partition coefficient (Wildman–Crippen LogP) is 4.45. The maximum absolute atomic E-state index is 6.02. The van der Waals surface area contributed by atoms with E-state index >= 15 is 0 Å². The minimum atomic E-state index is -1.09. The van der Waals surface area contributed by atoms with Gasteiger partial charge in [-0.2, -0.15) is 5.10 Å². The number of morpholine rings is 1. The molecule has 2 aromatic rings. The molecule has 0 amide bonds. The SMILES string of the molecule is C[C@@H]1COCCN1c1cc(I)c2c(C3CC3)nn(COCC[Si](C)(C)C)c2n1. The highest BCUT2D eigenvalue weighted by Crippen LogP contribution is 2.43. The Bertz CT molecular complexity index is 847. The molecule has 8 heteroatoms. The number of rotatable bonds is 7. The van der Waals surface area contributed by atoms with Crippen LogP contribution in [0, 0.1) is 3.57 Å². The molecule has 0 N–H and O–H groups in total. The molecule has 154 valence electrons. The van der Waals surface area contributed by atoms with Gasteiger partial charge >= 0.3 is 0 Å². The summed E-state index contributed by atoms with van der Waals surface area (Å²) in [6, 6.07) is 3.72. The van der Waals surface area contributed by atoms with Crippen molar-refractivity contribution in [2.24, 2.45) is 0 Å². The van der Waals surface area contributed by atoms with E-state index in [-0.39, 0.29) is 0 Å². The molecule has 1 aliphatic heterocycles. The lowest BCUT2D eigenvalue weighted by Crippen LogP contribution is -2.44. The van der Waals surface area contributed by atoms with Gasteiger partial charge in [-0.05, 0) is 54.5 Å². The molecule has 28 heavy (non-hydrogen) atoms. The number of ether oxygens (including phenoxy) is 2. The van der Waals surface area contributed by atoms with E-state index in [4.69, 9.17) is 19.6 Å². The molecular weight excluding hydrogens is 483 g/mol. The molecule has 3 heterocycles. The standard InChI is InChI=1S/C20H31IN4O2Si/c1-14-12-26-8-7-24(14)17-11-16(21)18-19(15-5-6-15)23-25(20(18)22-17)13-27-9-10-28(2,3)4/h11,14-15H,5-10,12-13H2,1-4H3/t14-/m1/s1. The monoisotopic (exact) mass is 514 g/mol. The van der Waals surface area contributed by atoms with Gasteiger partial charge in [-0.25, -0.2) is 9.67 Å². The first kappa shape index (κ1) is 20.6. The van der Waals surface area contributed by atoms with E-state index < -0.39 is 8.07 Å². The summed E-state index contributed by atoms with van der Waals surface area (Å²) in [5.41, 5.74) is 2.18. The largest absolute Gasteiger partial charge is 0.377 e. The van der Waals surface area contributed by atoms with Crippen molar-refractivity contribution in [3.63, 3.8) is 0 Å². The first-order chi connectivity index (χ1) is 13.3. The summed E-state index contributed by atoms with van der Waals surface area (Å²) in [5.74, 6) is 1.62. The van der Waals surface area contributed by atoms with Crippen LogP contribution in [0.2, 0.25) is 25.7 Å². The highest BCUT2D eigenvalue weighted by molar-refractivity contribution is 14.1. The fourth-order valence-corrected chi connectivity index (χ4v) is 5.17. The third-order valence-electron chi connectivity index (χ3n) is 5.50. The lowest BCUT2D eigenvalue weighted by atomic mass is 10.2. The van der Waals surface area contributed by atoms with Crippen molar-refractivity contribution in [3.05, 3.63) is 15.3 Å². The molecule has 2 fully saturated rings. The number of fused-ring (bicyclic) bond motifs is 1. The average Bonchev–Trinajstić information content (AvgIpc) is 3.40. The van der Waals surface area contributed by atoms with Crippen molar-refractivity contribution < 1.29 is 9.47 Å². The number of hydrogen-bond donors (Lipinski definition) is 0. The molecule has 6 nitrogen and oxygen atoms in total. The van der Waals surface area contributed by atoms with Crippen LogP contribution in [0.15, 0.2) is 6.07 Å². The van der Waals surface area contributed by atoms with Gasteiger partial charge in [-0.3, -0.25) is 0 Å². The molecule has 0 bridgehead atoms. The summed E-state index contributed by atoms with van der Waals surface area (Å²) in [7, 11) is -1.09. The molecule has 2 aliphatic rings. The van der Waals surface area contributed by atoms with Gasteiger partial charge in [0.15, 0.2) is 5.65 Å². The Hall–Kier alpha value is -0.713. The van der Waals surface area contributed by atoms with E-state index in [1.807, 2.05) is 4.68 Å². The lowest BCUT2D eigenvalue weighted by Gasteiger charge is -2.34. The van der Waals surface area contributed by atoms with Crippen molar-refractivity contribution in [2.45, 2.75) is 64.1 Å². The number of nitrogens with zero attached hydrogens (tertiary/aromatic N) is 4. The van der Waals surface area contributed by atoms with Crippen LogP contribution >= 0.6 is 22.6 Å². The Labute approximate surface area is 182 Å². The smallest absolute Gasteiger partial charge is 0.163 e. The van der Waals surface area contributed by atoms with E-state index in [0.717, 1.165) is 37.8 Å². The second-order valence-electron chi connectivity index (χ2n) is 9.29. The fourth-order valence-electron chi connectivity index (χ4n) is 3.62. The van der Waals surface area contributed by atoms with Crippen LogP contribution < -0.4 is 4.90 Å². The second-order valence-corrected chi connectivity index (χ2v) is 16.1. The molecule has 1 atom stereocenters. The van der Waals surface area contributed by atoms with Crippen LogP contribution in [0.1, 0.15) is 31.4 Å². The maximum Gasteiger partial charge on any atom is 0.163 e. The van der Waals surface area contributed by atoms with E-state index in [2.05, 4.69) is 60.1 Å². The van der Waals surface area contributed by atoms with Gasteiger partial charge < -0.3 is 14.4 Å².